The SMILES string of the molecule is COC(=O)CCSCc1cccc(NC(=O)CC(C)C2CCCNC2)c1. The van der Waals surface area contributed by atoms with Crippen LogP contribution in [0, 0.1) is 11.8 Å². The molecule has 0 aromatic heterocycles. The van der Waals surface area contributed by atoms with Gasteiger partial charge in [-0.1, -0.05) is 19.1 Å². The van der Waals surface area contributed by atoms with Crippen LogP contribution in [0.5, 0.6) is 0 Å². The predicted molar refractivity (Wildman–Crippen MR) is 107 cm³/mol. The fourth-order valence-electron chi connectivity index (χ4n) is 3.22. The van der Waals surface area contributed by atoms with Gasteiger partial charge in [-0.3, -0.25) is 9.59 Å². The van der Waals surface area contributed by atoms with E-state index < -0.39 is 0 Å². The lowest BCUT2D eigenvalue weighted by atomic mass is 9.85. The van der Waals surface area contributed by atoms with Crippen LogP contribution in [-0.2, 0) is 20.1 Å². The van der Waals surface area contributed by atoms with Gasteiger partial charge in [-0.25, -0.2) is 0 Å². The van der Waals surface area contributed by atoms with Crippen molar-refractivity contribution in [3.8, 4) is 0 Å². The second-order valence-corrected chi connectivity index (χ2v) is 8.02. The molecule has 144 valence electrons. The molecule has 26 heavy (non-hydrogen) atoms. The molecule has 1 saturated heterocycles. The molecule has 0 spiro atoms. The van der Waals surface area contributed by atoms with Crippen molar-refractivity contribution in [2.24, 2.45) is 11.8 Å². The van der Waals surface area contributed by atoms with E-state index in [-0.39, 0.29) is 11.9 Å². The first-order chi connectivity index (χ1) is 12.6. The number of ether oxygens (including phenoxy) is 1. The highest BCUT2D eigenvalue weighted by Crippen LogP contribution is 2.23. The van der Waals surface area contributed by atoms with E-state index in [0.717, 1.165) is 35.8 Å². The Labute approximate surface area is 160 Å². The van der Waals surface area contributed by atoms with Crippen LogP contribution < -0.4 is 10.6 Å². The highest BCUT2D eigenvalue weighted by molar-refractivity contribution is 7.98. The first-order valence-corrected chi connectivity index (χ1v) is 10.5. The van der Waals surface area contributed by atoms with Crippen LogP contribution in [0.3, 0.4) is 0 Å². The van der Waals surface area contributed by atoms with Crippen molar-refractivity contribution < 1.29 is 14.3 Å². The third kappa shape index (κ3) is 7.38. The Morgan fingerprint density at radius 1 is 1.42 bits per heavy atom. The number of anilines is 1. The van der Waals surface area contributed by atoms with E-state index >= 15 is 0 Å². The Kier molecular flexibility index (Phi) is 8.98. The van der Waals surface area contributed by atoms with Gasteiger partial charge in [0.15, 0.2) is 0 Å². The Morgan fingerprint density at radius 3 is 3.00 bits per heavy atom. The number of amides is 1. The lowest BCUT2D eigenvalue weighted by Gasteiger charge is -2.28. The summed E-state index contributed by atoms with van der Waals surface area (Å²) in [6, 6.07) is 7.93. The van der Waals surface area contributed by atoms with E-state index in [9.17, 15) is 9.59 Å². The summed E-state index contributed by atoms with van der Waals surface area (Å²) >= 11 is 1.69. The average Bonchev–Trinajstić information content (AvgIpc) is 2.66. The number of esters is 1. The van der Waals surface area contributed by atoms with Gasteiger partial charge in [0, 0.05) is 23.6 Å². The molecule has 1 heterocycles. The summed E-state index contributed by atoms with van der Waals surface area (Å²) in [4.78, 5) is 23.5. The highest BCUT2D eigenvalue weighted by Gasteiger charge is 2.22. The maximum atomic E-state index is 12.4. The summed E-state index contributed by atoms with van der Waals surface area (Å²) in [5.74, 6) is 2.42. The van der Waals surface area contributed by atoms with Gasteiger partial charge < -0.3 is 15.4 Å². The minimum Gasteiger partial charge on any atom is -0.469 e. The lowest BCUT2D eigenvalue weighted by Crippen LogP contribution is -2.34. The molecule has 0 bridgehead atoms. The minimum atomic E-state index is -0.180. The quantitative estimate of drug-likeness (QED) is 0.509. The fourth-order valence-corrected chi connectivity index (χ4v) is 4.09. The van der Waals surface area contributed by atoms with E-state index in [4.69, 9.17) is 0 Å². The van der Waals surface area contributed by atoms with Crippen LogP contribution in [-0.4, -0.2) is 37.8 Å². The Balaban J connectivity index is 1.76. The molecule has 1 aromatic carbocycles. The molecule has 5 nitrogen and oxygen atoms in total. The van der Waals surface area contributed by atoms with Gasteiger partial charge in [0.05, 0.1) is 13.5 Å². The van der Waals surface area contributed by atoms with Gasteiger partial charge in [-0.2, -0.15) is 11.8 Å². The molecule has 1 fully saturated rings. The molecule has 1 aliphatic rings. The third-order valence-corrected chi connectivity index (χ3v) is 5.84. The van der Waals surface area contributed by atoms with Crippen LogP contribution in [0.15, 0.2) is 24.3 Å². The van der Waals surface area contributed by atoms with E-state index in [1.165, 1.54) is 20.0 Å². The van der Waals surface area contributed by atoms with Crippen LogP contribution in [0.1, 0.15) is 38.2 Å². The smallest absolute Gasteiger partial charge is 0.306 e. The predicted octanol–water partition coefficient (Wildman–Crippen LogP) is 3.45. The van der Waals surface area contributed by atoms with Crippen LogP contribution in [0.4, 0.5) is 5.69 Å². The molecule has 2 rings (SSSR count). The van der Waals surface area contributed by atoms with E-state index in [0.29, 0.717) is 24.7 Å². The van der Waals surface area contributed by atoms with Crippen molar-refractivity contribution in [1.29, 1.82) is 0 Å². The van der Waals surface area contributed by atoms with Crippen LogP contribution >= 0.6 is 11.8 Å². The molecular formula is C20H30N2O3S. The molecule has 2 atom stereocenters. The Bertz CT molecular complexity index is 588. The van der Waals surface area contributed by atoms with Crippen molar-refractivity contribution in [3.63, 3.8) is 0 Å². The number of hydrogen-bond acceptors (Lipinski definition) is 5. The van der Waals surface area contributed by atoms with Crippen LogP contribution in [0.25, 0.3) is 0 Å². The van der Waals surface area contributed by atoms with Gasteiger partial charge in [-0.15, -0.1) is 0 Å². The third-order valence-electron chi connectivity index (χ3n) is 4.80. The van der Waals surface area contributed by atoms with Gasteiger partial charge in [0.1, 0.15) is 0 Å². The van der Waals surface area contributed by atoms with Crippen molar-refractivity contribution >= 4 is 29.3 Å². The summed E-state index contributed by atoms with van der Waals surface area (Å²) in [7, 11) is 1.41. The summed E-state index contributed by atoms with van der Waals surface area (Å²) in [5, 5.41) is 6.45. The second-order valence-electron chi connectivity index (χ2n) is 6.92. The van der Waals surface area contributed by atoms with E-state index in [1.54, 1.807) is 11.8 Å². The summed E-state index contributed by atoms with van der Waals surface area (Å²) in [6.07, 6.45) is 3.39. The van der Waals surface area contributed by atoms with Gasteiger partial charge in [0.25, 0.3) is 0 Å². The number of carbonyl (C=O) groups is 2. The second kappa shape index (κ2) is 11.2. The van der Waals surface area contributed by atoms with Crippen molar-refractivity contribution in [2.75, 3.05) is 31.3 Å². The normalized spacial score (nSPS) is 18.2. The molecule has 1 aliphatic heterocycles. The van der Waals surface area contributed by atoms with Gasteiger partial charge >= 0.3 is 5.97 Å². The highest BCUT2D eigenvalue weighted by atomic mass is 32.2. The van der Waals surface area contributed by atoms with Crippen molar-refractivity contribution in [2.45, 2.75) is 38.4 Å². The molecule has 1 aromatic rings. The number of methoxy groups -OCH3 is 1. The molecule has 2 unspecified atom stereocenters. The molecule has 2 N–H and O–H groups in total. The standard InChI is InChI=1S/C20H30N2O3S/c1-15(17-6-4-9-21-13-17)11-19(23)22-18-7-3-5-16(12-18)14-26-10-8-20(24)25-2/h3,5,7,12,15,17,21H,4,6,8-11,13-14H2,1-2H3,(H,22,23). The topological polar surface area (TPSA) is 67.4 Å². The number of piperidine rings is 1. The number of hydrogen-bond donors (Lipinski definition) is 2. The molecular weight excluding hydrogens is 348 g/mol. The zero-order valence-electron chi connectivity index (χ0n) is 15.8. The van der Waals surface area contributed by atoms with Crippen molar-refractivity contribution in [1.82, 2.24) is 5.32 Å². The molecule has 0 saturated carbocycles. The fraction of sp³-hybridized carbons (Fsp3) is 0.600. The number of thioether (sulfide) groups is 1. The average molecular weight is 379 g/mol. The van der Waals surface area contributed by atoms with E-state index in [1.807, 2.05) is 24.3 Å². The summed E-state index contributed by atoms with van der Waals surface area (Å²) in [6.45, 7) is 4.29. The summed E-state index contributed by atoms with van der Waals surface area (Å²) in [5.41, 5.74) is 1.98. The number of carbonyl (C=O) groups excluding carboxylic acids is 2. The van der Waals surface area contributed by atoms with Crippen molar-refractivity contribution in [3.05, 3.63) is 29.8 Å². The van der Waals surface area contributed by atoms with Gasteiger partial charge in [-0.05, 0) is 55.5 Å². The monoisotopic (exact) mass is 378 g/mol. The zero-order chi connectivity index (χ0) is 18.8. The van der Waals surface area contributed by atoms with Gasteiger partial charge in [0.2, 0.25) is 5.91 Å². The number of benzene rings is 1. The first-order valence-electron chi connectivity index (χ1n) is 9.32. The molecule has 0 radical (unpaired) electrons. The maximum absolute atomic E-state index is 12.4. The molecule has 0 aliphatic carbocycles. The maximum Gasteiger partial charge on any atom is 0.306 e. The molecule has 1 amide bonds. The zero-order valence-corrected chi connectivity index (χ0v) is 16.6. The number of rotatable bonds is 9. The Hall–Kier alpha value is -1.53. The van der Waals surface area contributed by atoms with E-state index in [2.05, 4.69) is 22.3 Å². The first kappa shape index (κ1) is 20.8. The summed E-state index contributed by atoms with van der Waals surface area (Å²) < 4.78 is 4.64. The number of nitrogens with one attached hydrogen (secondary N) is 2. The minimum absolute atomic E-state index is 0.0820. The molecule has 6 heteroatoms. The largest absolute Gasteiger partial charge is 0.469 e. The lowest BCUT2D eigenvalue weighted by molar-refractivity contribution is -0.140. The van der Waals surface area contributed by atoms with Crippen LogP contribution in [0.2, 0.25) is 0 Å². The Morgan fingerprint density at radius 2 is 2.27 bits per heavy atom.